The maximum Gasteiger partial charge on any atom is 0.337 e. The van der Waals surface area contributed by atoms with Crippen LogP contribution in [0.1, 0.15) is 33.1 Å². The number of rotatable bonds is 3. The minimum atomic E-state index is -1.90. The SMILES string of the molecule is CO[Si](C)(OC)C1CCC(C)=C(C)C1. The number of allylic oxidation sites excluding steroid dienone is 2. The Kier molecular flexibility index (Phi) is 3.92. The highest BCUT2D eigenvalue weighted by molar-refractivity contribution is 6.67. The Labute approximate surface area is 88.5 Å². The molecule has 0 amide bonds. The standard InChI is InChI=1S/C11H22O2Si/c1-9-6-7-11(8-10(9)2)14(5,12-3)13-4/h11H,6-8H2,1-5H3. The van der Waals surface area contributed by atoms with Gasteiger partial charge < -0.3 is 8.85 Å². The van der Waals surface area contributed by atoms with Gasteiger partial charge in [0.25, 0.3) is 0 Å². The summed E-state index contributed by atoms with van der Waals surface area (Å²) in [5, 5.41) is 0. The van der Waals surface area contributed by atoms with Gasteiger partial charge in [-0.3, -0.25) is 0 Å². The molecular formula is C11H22O2Si. The van der Waals surface area contributed by atoms with Crippen molar-refractivity contribution in [1.82, 2.24) is 0 Å². The predicted molar refractivity (Wildman–Crippen MR) is 61.6 cm³/mol. The first kappa shape index (κ1) is 11.9. The van der Waals surface area contributed by atoms with E-state index in [1.54, 1.807) is 19.8 Å². The van der Waals surface area contributed by atoms with Gasteiger partial charge in [0.2, 0.25) is 0 Å². The van der Waals surface area contributed by atoms with Gasteiger partial charge in [-0.05, 0) is 39.7 Å². The largest absolute Gasteiger partial charge is 0.398 e. The molecule has 0 fully saturated rings. The van der Waals surface area contributed by atoms with Crippen LogP contribution in [0.15, 0.2) is 11.1 Å². The summed E-state index contributed by atoms with van der Waals surface area (Å²) in [5.41, 5.74) is 3.72. The third-order valence-corrected chi connectivity index (χ3v) is 7.30. The van der Waals surface area contributed by atoms with Crippen molar-refractivity contribution in [2.75, 3.05) is 14.2 Å². The second-order valence-corrected chi connectivity index (χ2v) is 8.09. The van der Waals surface area contributed by atoms with Crippen LogP contribution in [-0.4, -0.2) is 22.8 Å². The molecule has 3 heteroatoms. The smallest absolute Gasteiger partial charge is 0.337 e. The van der Waals surface area contributed by atoms with Crippen LogP contribution < -0.4 is 0 Å². The molecule has 0 aromatic rings. The van der Waals surface area contributed by atoms with E-state index in [0.717, 1.165) is 6.42 Å². The van der Waals surface area contributed by atoms with Gasteiger partial charge >= 0.3 is 8.56 Å². The second kappa shape index (κ2) is 4.60. The molecule has 1 aliphatic rings. The average molecular weight is 214 g/mol. The molecule has 0 bridgehead atoms. The molecule has 0 aromatic heterocycles. The quantitative estimate of drug-likeness (QED) is 0.530. The van der Waals surface area contributed by atoms with Crippen LogP contribution >= 0.6 is 0 Å². The first-order chi connectivity index (χ1) is 6.53. The van der Waals surface area contributed by atoms with Gasteiger partial charge in [-0.2, -0.15) is 0 Å². The van der Waals surface area contributed by atoms with Crippen LogP contribution in [0.3, 0.4) is 0 Å². The normalized spacial score (nSPS) is 24.2. The van der Waals surface area contributed by atoms with E-state index in [2.05, 4.69) is 20.4 Å². The highest BCUT2D eigenvalue weighted by atomic mass is 28.4. The van der Waals surface area contributed by atoms with Gasteiger partial charge in [0.15, 0.2) is 0 Å². The minimum Gasteiger partial charge on any atom is -0.398 e. The lowest BCUT2D eigenvalue weighted by molar-refractivity contribution is 0.231. The molecule has 0 aliphatic heterocycles. The molecule has 1 atom stereocenters. The Balaban J connectivity index is 2.73. The summed E-state index contributed by atoms with van der Waals surface area (Å²) >= 11 is 0. The van der Waals surface area contributed by atoms with Crippen molar-refractivity contribution in [2.24, 2.45) is 0 Å². The van der Waals surface area contributed by atoms with E-state index < -0.39 is 8.56 Å². The fourth-order valence-electron chi connectivity index (χ4n) is 2.11. The molecule has 2 nitrogen and oxygen atoms in total. The van der Waals surface area contributed by atoms with E-state index in [1.165, 1.54) is 18.4 Å². The zero-order chi connectivity index (χ0) is 10.8. The van der Waals surface area contributed by atoms with Crippen LogP contribution in [0.25, 0.3) is 0 Å². The summed E-state index contributed by atoms with van der Waals surface area (Å²) in [4.78, 5) is 0. The summed E-state index contributed by atoms with van der Waals surface area (Å²) in [5.74, 6) is 0. The fraction of sp³-hybridized carbons (Fsp3) is 0.818. The van der Waals surface area contributed by atoms with E-state index in [0.29, 0.717) is 5.54 Å². The van der Waals surface area contributed by atoms with E-state index in [1.807, 2.05) is 0 Å². The topological polar surface area (TPSA) is 18.5 Å². The highest BCUT2D eigenvalue weighted by Crippen LogP contribution is 2.39. The molecule has 0 radical (unpaired) electrons. The van der Waals surface area contributed by atoms with Gasteiger partial charge in [-0.15, -0.1) is 0 Å². The summed E-state index contributed by atoms with van der Waals surface area (Å²) < 4.78 is 11.2. The number of hydrogen-bond acceptors (Lipinski definition) is 2. The lowest BCUT2D eigenvalue weighted by atomic mass is 9.93. The lowest BCUT2D eigenvalue weighted by Crippen LogP contribution is -2.42. The van der Waals surface area contributed by atoms with Crippen molar-refractivity contribution in [3.63, 3.8) is 0 Å². The summed E-state index contributed by atoms with van der Waals surface area (Å²) in [6, 6.07) is 0. The first-order valence-corrected chi connectivity index (χ1v) is 7.68. The monoisotopic (exact) mass is 214 g/mol. The highest BCUT2D eigenvalue weighted by Gasteiger charge is 2.40. The van der Waals surface area contributed by atoms with Gasteiger partial charge in [0.1, 0.15) is 0 Å². The third-order valence-electron chi connectivity index (χ3n) is 3.70. The van der Waals surface area contributed by atoms with E-state index in [-0.39, 0.29) is 0 Å². The second-order valence-electron chi connectivity index (χ2n) is 4.42. The molecule has 1 rings (SSSR count). The van der Waals surface area contributed by atoms with E-state index in [4.69, 9.17) is 8.85 Å². The lowest BCUT2D eigenvalue weighted by Gasteiger charge is -2.35. The van der Waals surface area contributed by atoms with Crippen molar-refractivity contribution in [2.45, 2.75) is 45.2 Å². The van der Waals surface area contributed by atoms with Gasteiger partial charge in [0.05, 0.1) is 0 Å². The maximum absolute atomic E-state index is 5.60. The van der Waals surface area contributed by atoms with Crippen LogP contribution in [0, 0.1) is 0 Å². The van der Waals surface area contributed by atoms with Crippen LogP contribution in [0.2, 0.25) is 12.1 Å². The van der Waals surface area contributed by atoms with Crippen molar-refractivity contribution in [3.8, 4) is 0 Å². The Morgan fingerprint density at radius 1 is 1.14 bits per heavy atom. The Hall–Kier alpha value is -0.123. The third kappa shape index (κ3) is 2.27. The molecule has 0 N–H and O–H groups in total. The molecule has 0 heterocycles. The van der Waals surface area contributed by atoms with Gasteiger partial charge in [-0.25, -0.2) is 0 Å². The van der Waals surface area contributed by atoms with Crippen LogP contribution in [-0.2, 0) is 8.85 Å². The molecule has 0 saturated carbocycles. The molecule has 1 unspecified atom stereocenters. The molecule has 0 saturated heterocycles. The van der Waals surface area contributed by atoms with Gasteiger partial charge in [-0.1, -0.05) is 11.1 Å². The molecule has 0 aromatic carbocycles. The van der Waals surface area contributed by atoms with Crippen molar-refractivity contribution in [3.05, 3.63) is 11.1 Å². The summed E-state index contributed by atoms with van der Waals surface area (Å²) in [6.07, 6.45) is 3.61. The van der Waals surface area contributed by atoms with Crippen molar-refractivity contribution in [1.29, 1.82) is 0 Å². The molecule has 14 heavy (non-hydrogen) atoms. The zero-order valence-electron chi connectivity index (χ0n) is 10.0. The van der Waals surface area contributed by atoms with E-state index >= 15 is 0 Å². The predicted octanol–water partition coefficient (Wildman–Crippen LogP) is 3.24. The minimum absolute atomic E-state index is 0.626. The first-order valence-electron chi connectivity index (χ1n) is 5.29. The van der Waals surface area contributed by atoms with Gasteiger partial charge in [0, 0.05) is 19.8 Å². The summed E-state index contributed by atoms with van der Waals surface area (Å²) in [7, 11) is 1.67. The van der Waals surface area contributed by atoms with Crippen molar-refractivity contribution >= 4 is 8.56 Å². The average Bonchev–Trinajstić information content (AvgIpc) is 2.21. The Bertz CT molecular complexity index is 231. The van der Waals surface area contributed by atoms with Crippen LogP contribution in [0.4, 0.5) is 0 Å². The molecule has 82 valence electrons. The Morgan fingerprint density at radius 2 is 1.71 bits per heavy atom. The van der Waals surface area contributed by atoms with Crippen LogP contribution in [0.5, 0.6) is 0 Å². The molecular weight excluding hydrogens is 192 g/mol. The van der Waals surface area contributed by atoms with Crippen molar-refractivity contribution < 1.29 is 8.85 Å². The molecule has 1 aliphatic carbocycles. The molecule has 0 spiro atoms. The number of hydrogen-bond donors (Lipinski definition) is 0. The Morgan fingerprint density at radius 3 is 2.14 bits per heavy atom. The zero-order valence-corrected chi connectivity index (χ0v) is 11.0. The fourth-order valence-corrected chi connectivity index (χ4v) is 4.29. The maximum atomic E-state index is 5.60. The van der Waals surface area contributed by atoms with E-state index in [9.17, 15) is 0 Å². The summed E-state index contributed by atoms with van der Waals surface area (Å²) in [6.45, 7) is 6.65.